The van der Waals surface area contributed by atoms with Crippen molar-refractivity contribution in [2.24, 2.45) is 0 Å². The SMILES string of the molecule is CC(C)(C)OC(=O)N[C@H](CCCC(F)(F)F)C(=O)O. The third kappa shape index (κ3) is 10.2. The Balaban J connectivity index is 4.28. The molecule has 0 saturated carbocycles. The van der Waals surface area contributed by atoms with Gasteiger partial charge in [0.05, 0.1) is 0 Å². The lowest BCUT2D eigenvalue weighted by atomic mass is 10.1. The summed E-state index contributed by atoms with van der Waals surface area (Å²) in [6.07, 6.45) is -7.08. The van der Waals surface area contributed by atoms with Crippen LogP contribution >= 0.6 is 0 Å². The van der Waals surface area contributed by atoms with Crippen LogP contribution in [-0.2, 0) is 9.53 Å². The second kappa shape index (κ2) is 6.63. The van der Waals surface area contributed by atoms with E-state index in [2.05, 4.69) is 0 Å². The van der Waals surface area contributed by atoms with Crippen molar-refractivity contribution in [3.63, 3.8) is 0 Å². The Hall–Kier alpha value is -1.47. The van der Waals surface area contributed by atoms with E-state index in [1.165, 1.54) is 0 Å². The van der Waals surface area contributed by atoms with Gasteiger partial charge in [0.2, 0.25) is 0 Å². The molecule has 0 bridgehead atoms. The summed E-state index contributed by atoms with van der Waals surface area (Å²) in [5.74, 6) is -1.40. The van der Waals surface area contributed by atoms with Crippen molar-refractivity contribution in [1.29, 1.82) is 0 Å². The van der Waals surface area contributed by atoms with E-state index in [1.807, 2.05) is 5.32 Å². The number of hydrogen-bond acceptors (Lipinski definition) is 3. The minimum Gasteiger partial charge on any atom is -0.480 e. The van der Waals surface area contributed by atoms with Crippen molar-refractivity contribution in [2.45, 2.75) is 57.9 Å². The van der Waals surface area contributed by atoms with Gasteiger partial charge in [0.25, 0.3) is 0 Å². The van der Waals surface area contributed by atoms with Gasteiger partial charge >= 0.3 is 18.2 Å². The van der Waals surface area contributed by atoms with Gasteiger partial charge in [-0.05, 0) is 33.6 Å². The van der Waals surface area contributed by atoms with Crippen molar-refractivity contribution in [3.05, 3.63) is 0 Å². The predicted octanol–water partition coefficient (Wildman–Crippen LogP) is 2.70. The number of ether oxygens (including phenoxy) is 1. The largest absolute Gasteiger partial charge is 0.480 e. The van der Waals surface area contributed by atoms with Crippen LogP contribution < -0.4 is 5.32 Å². The molecular weight excluding hydrogens is 267 g/mol. The Morgan fingerprint density at radius 3 is 2.16 bits per heavy atom. The number of nitrogens with one attached hydrogen (secondary N) is 1. The van der Waals surface area contributed by atoms with Gasteiger partial charge in [-0.25, -0.2) is 9.59 Å². The number of rotatable bonds is 5. The molecular formula is C11H18F3NO4. The third-order valence-electron chi connectivity index (χ3n) is 1.94. The number of carboxylic acids is 1. The molecule has 0 aromatic rings. The van der Waals surface area contributed by atoms with Gasteiger partial charge in [-0.1, -0.05) is 0 Å². The molecule has 8 heteroatoms. The zero-order valence-electron chi connectivity index (χ0n) is 11.0. The highest BCUT2D eigenvalue weighted by atomic mass is 19.4. The number of amides is 1. The van der Waals surface area contributed by atoms with E-state index < -0.39 is 36.3 Å². The standard InChI is InChI=1S/C11H18F3NO4/c1-10(2,3)19-9(18)15-7(8(16)17)5-4-6-11(12,13)14/h7H,4-6H2,1-3H3,(H,15,18)(H,16,17)/t7-/m1/s1. The quantitative estimate of drug-likeness (QED) is 0.814. The fraction of sp³-hybridized carbons (Fsp3) is 0.818. The van der Waals surface area contributed by atoms with E-state index in [0.717, 1.165) is 0 Å². The van der Waals surface area contributed by atoms with Gasteiger partial charge in [-0.2, -0.15) is 13.2 Å². The first-order valence-corrected chi connectivity index (χ1v) is 5.70. The zero-order chi connectivity index (χ0) is 15.3. The minimum atomic E-state index is -4.34. The Bertz CT molecular complexity index is 323. The average molecular weight is 285 g/mol. The van der Waals surface area contributed by atoms with Crippen LogP contribution in [0.5, 0.6) is 0 Å². The number of carbonyl (C=O) groups excluding carboxylic acids is 1. The topological polar surface area (TPSA) is 75.6 Å². The van der Waals surface area contributed by atoms with Gasteiger partial charge < -0.3 is 15.2 Å². The number of carbonyl (C=O) groups is 2. The first-order chi connectivity index (χ1) is 8.41. The summed E-state index contributed by atoms with van der Waals surface area (Å²) in [6, 6.07) is -1.39. The summed E-state index contributed by atoms with van der Waals surface area (Å²) in [5.41, 5.74) is -0.806. The molecule has 0 unspecified atom stereocenters. The van der Waals surface area contributed by atoms with Crippen molar-refractivity contribution < 1.29 is 32.6 Å². The Labute approximate surface area is 109 Å². The molecule has 0 saturated heterocycles. The molecule has 0 aromatic heterocycles. The average Bonchev–Trinajstić information content (AvgIpc) is 2.10. The van der Waals surface area contributed by atoms with Crippen LogP contribution in [0.2, 0.25) is 0 Å². The van der Waals surface area contributed by atoms with Gasteiger partial charge in [0.1, 0.15) is 11.6 Å². The van der Waals surface area contributed by atoms with Gasteiger partial charge in [0.15, 0.2) is 0 Å². The maximum absolute atomic E-state index is 11.9. The molecule has 1 atom stereocenters. The fourth-order valence-electron chi connectivity index (χ4n) is 1.21. The molecule has 0 aromatic carbocycles. The normalized spacial score (nSPS) is 13.8. The second-order valence-electron chi connectivity index (χ2n) is 5.04. The van der Waals surface area contributed by atoms with E-state index in [-0.39, 0.29) is 12.8 Å². The van der Waals surface area contributed by atoms with Crippen molar-refractivity contribution >= 4 is 12.1 Å². The molecule has 1 amide bonds. The maximum Gasteiger partial charge on any atom is 0.408 e. The fourth-order valence-corrected chi connectivity index (χ4v) is 1.21. The number of alkyl carbamates (subject to hydrolysis) is 1. The highest BCUT2D eigenvalue weighted by Gasteiger charge is 2.29. The predicted molar refractivity (Wildman–Crippen MR) is 60.7 cm³/mol. The van der Waals surface area contributed by atoms with E-state index in [4.69, 9.17) is 9.84 Å². The molecule has 0 radical (unpaired) electrons. The van der Waals surface area contributed by atoms with Crippen molar-refractivity contribution in [1.82, 2.24) is 5.32 Å². The molecule has 0 aliphatic carbocycles. The molecule has 0 spiro atoms. The van der Waals surface area contributed by atoms with Crippen LogP contribution in [0.15, 0.2) is 0 Å². The van der Waals surface area contributed by atoms with Crippen molar-refractivity contribution in [2.75, 3.05) is 0 Å². The van der Waals surface area contributed by atoms with E-state index in [9.17, 15) is 22.8 Å². The van der Waals surface area contributed by atoms with E-state index in [1.54, 1.807) is 20.8 Å². The number of carboxylic acid groups (broad SMARTS) is 1. The molecule has 0 aliphatic rings. The molecule has 2 N–H and O–H groups in total. The molecule has 0 fully saturated rings. The Morgan fingerprint density at radius 1 is 1.26 bits per heavy atom. The zero-order valence-corrected chi connectivity index (χ0v) is 11.0. The molecule has 0 aliphatic heterocycles. The summed E-state index contributed by atoms with van der Waals surface area (Å²) in [5, 5.41) is 10.8. The van der Waals surface area contributed by atoms with E-state index >= 15 is 0 Å². The molecule has 19 heavy (non-hydrogen) atoms. The lowest BCUT2D eigenvalue weighted by molar-refractivity contribution is -0.143. The van der Waals surface area contributed by atoms with Crippen LogP contribution in [-0.4, -0.2) is 35.0 Å². The van der Waals surface area contributed by atoms with Crippen LogP contribution in [0.3, 0.4) is 0 Å². The molecule has 5 nitrogen and oxygen atoms in total. The number of alkyl halides is 3. The summed E-state index contributed by atoms with van der Waals surface area (Å²) in [4.78, 5) is 22.1. The summed E-state index contributed by atoms with van der Waals surface area (Å²) >= 11 is 0. The lowest BCUT2D eigenvalue weighted by Gasteiger charge is -2.22. The molecule has 0 rings (SSSR count). The third-order valence-corrected chi connectivity index (χ3v) is 1.94. The Morgan fingerprint density at radius 2 is 1.79 bits per heavy atom. The monoisotopic (exact) mass is 285 g/mol. The van der Waals surface area contributed by atoms with Crippen LogP contribution in [0.1, 0.15) is 40.0 Å². The smallest absolute Gasteiger partial charge is 0.408 e. The highest BCUT2D eigenvalue weighted by molar-refractivity contribution is 5.79. The lowest BCUT2D eigenvalue weighted by Crippen LogP contribution is -2.43. The van der Waals surface area contributed by atoms with Crippen molar-refractivity contribution in [3.8, 4) is 0 Å². The van der Waals surface area contributed by atoms with Gasteiger partial charge in [-0.15, -0.1) is 0 Å². The van der Waals surface area contributed by atoms with Crippen LogP contribution in [0.25, 0.3) is 0 Å². The number of halogens is 3. The minimum absolute atomic E-state index is 0.311. The van der Waals surface area contributed by atoms with Crippen LogP contribution in [0.4, 0.5) is 18.0 Å². The first kappa shape index (κ1) is 17.5. The highest BCUT2D eigenvalue weighted by Crippen LogP contribution is 2.22. The molecule has 112 valence electrons. The summed E-state index contributed by atoms with van der Waals surface area (Å²) in [7, 11) is 0. The van der Waals surface area contributed by atoms with Gasteiger partial charge in [-0.3, -0.25) is 0 Å². The second-order valence-corrected chi connectivity index (χ2v) is 5.04. The van der Waals surface area contributed by atoms with Gasteiger partial charge in [0, 0.05) is 6.42 Å². The summed E-state index contributed by atoms with van der Waals surface area (Å²) in [6.45, 7) is 4.77. The number of hydrogen-bond donors (Lipinski definition) is 2. The summed E-state index contributed by atoms with van der Waals surface area (Å²) < 4.78 is 40.6. The number of aliphatic carboxylic acids is 1. The maximum atomic E-state index is 11.9. The first-order valence-electron chi connectivity index (χ1n) is 5.70. The van der Waals surface area contributed by atoms with Crippen LogP contribution in [0, 0.1) is 0 Å². The Kier molecular flexibility index (Phi) is 6.11. The van der Waals surface area contributed by atoms with E-state index in [0.29, 0.717) is 0 Å². The molecule has 0 heterocycles.